The largest absolute Gasteiger partial charge is 0.493 e. The lowest BCUT2D eigenvalue weighted by molar-refractivity contribution is 0.102. The number of hydrogen-bond acceptors (Lipinski definition) is 3. The maximum absolute atomic E-state index is 12.3. The average Bonchev–Trinajstić information content (AvgIpc) is 3.33. The van der Waals surface area contributed by atoms with Crippen LogP contribution < -0.4 is 10.1 Å². The van der Waals surface area contributed by atoms with Gasteiger partial charge >= 0.3 is 0 Å². The Morgan fingerprint density at radius 2 is 2.00 bits per heavy atom. The Labute approximate surface area is 138 Å². The highest BCUT2D eigenvalue weighted by molar-refractivity contribution is 6.39. The molecule has 0 spiro atoms. The van der Waals surface area contributed by atoms with Crippen molar-refractivity contribution in [3.05, 3.63) is 52.3 Å². The van der Waals surface area contributed by atoms with Crippen molar-refractivity contribution in [3.63, 3.8) is 0 Å². The van der Waals surface area contributed by atoms with Crippen molar-refractivity contribution in [3.8, 4) is 5.75 Å². The Kier molecular flexibility index (Phi) is 4.50. The maximum atomic E-state index is 12.3. The molecule has 0 unspecified atom stereocenters. The van der Waals surface area contributed by atoms with Crippen LogP contribution in [0.5, 0.6) is 5.75 Å². The summed E-state index contributed by atoms with van der Waals surface area (Å²) in [4.78, 5) is 16.2. The third kappa shape index (κ3) is 3.70. The summed E-state index contributed by atoms with van der Waals surface area (Å²) >= 11 is 12.0. The fourth-order valence-corrected chi connectivity index (χ4v) is 2.40. The van der Waals surface area contributed by atoms with Gasteiger partial charge in [-0.1, -0.05) is 29.3 Å². The molecule has 1 heterocycles. The fraction of sp³-hybridized carbons (Fsp3) is 0.250. The molecule has 1 aromatic heterocycles. The summed E-state index contributed by atoms with van der Waals surface area (Å²) in [6.07, 6.45) is 5.30. The highest BCUT2D eigenvalue weighted by Crippen LogP contribution is 2.30. The maximum Gasteiger partial charge on any atom is 0.255 e. The minimum atomic E-state index is -0.299. The van der Waals surface area contributed by atoms with Crippen LogP contribution >= 0.6 is 23.2 Å². The smallest absolute Gasteiger partial charge is 0.255 e. The summed E-state index contributed by atoms with van der Waals surface area (Å²) in [6.45, 7) is 0.701. The van der Waals surface area contributed by atoms with E-state index in [1.54, 1.807) is 18.2 Å². The van der Waals surface area contributed by atoms with Gasteiger partial charge in [0.05, 0.1) is 22.3 Å². The van der Waals surface area contributed by atoms with E-state index < -0.39 is 0 Å². The monoisotopic (exact) mass is 336 g/mol. The van der Waals surface area contributed by atoms with Crippen LogP contribution in [0.3, 0.4) is 0 Å². The number of nitrogens with one attached hydrogen (secondary N) is 1. The van der Waals surface area contributed by atoms with Gasteiger partial charge in [0, 0.05) is 18.0 Å². The van der Waals surface area contributed by atoms with Crippen molar-refractivity contribution in [2.75, 3.05) is 11.9 Å². The molecule has 3 rings (SSSR count). The minimum absolute atomic E-state index is 0.294. The summed E-state index contributed by atoms with van der Waals surface area (Å²) in [6, 6.07) is 7.04. The molecular weight excluding hydrogens is 323 g/mol. The molecule has 1 aliphatic carbocycles. The lowest BCUT2D eigenvalue weighted by atomic mass is 10.2. The van der Waals surface area contributed by atoms with E-state index in [1.165, 1.54) is 25.2 Å². The molecule has 1 aromatic carbocycles. The number of benzene rings is 1. The van der Waals surface area contributed by atoms with Crippen LogP contribution in [-0.2, 0) is 0 Å². The van der Waals surface area contributed by atoms with E-state index in [0.717, 1.165) is 0 Å². The molecule has 114 valence electrons. The van der Waals surface area contributed by atoms with Crippen LogP contribution in [0, 0.1) is 5.92 Å². The van der Waals surface area contributed by atoms with Crippen molar-refractivity contribution in [1.82, 2.24) is 4.98 Å². The molecule has 22 heavy (non-hydrogen) atoms. The second-order valence-electron chi connectivity index (χ2n) is 5.21. The molecule has 0 bridgehead atoms. The average molecular weight is 337 g/mol. The zero-order chi connectivity index (χ0) is 15.5. The third-order valence-electron chi connectivity index (χ3n) is 3.37. The van der Waals surface area contributed by atoms with Crippen molar-refractivity contribution >= 4 is 34.8 Å². The second-order valence-corrected chi connectivity index (χ2v) is 6.03. The first-order valence-corrected chi connectivity index (χ1v) is 7.72. The molecule has 1 N–H and O–H groups in total. The van der Waals surface area contributed by atoms with Gasteiger partial charge < -0.3 is 10.1 Å². The normalized spacial score (nSPS) is 13.7. The predicted octanol–water partition coefficient (Wildman–Crippen LogP) is 4.43. The van der Waals surface area contributed by atoms with Crippen LogP contribution in [0.1, 0.15) is 23.2 Å². The number of amides is 1. The van der Waals surface area contributed by atoms with E-state index in [2.05, 4.69) is 10.3 Å². The summed E-state index contributed by atoms with van der Waals surface area (Å²) < 4.78 is 5.68. The molecule has 1 fully saturated rings. The Morgan fingerprint density at radius 1 is 1.27 bits per heavy atom. The molecule has 4 nitrogen and oxygen atoms in total. The first kappa shape index (κ1) is 15.1. The number of halogens is 2. The lowest BCUT2D eigenvalue weighted by Crippen LogP contribution is -2.13. The van der Waals surface area contributed by atoms with Gasteiger partial charge in [0.1, 0.15) is 5.75 Å². The van der Waals surface area contributed by atoms with E-state index in [9.17, 15) is 4.79 Å². The van der Waals surface area contributed by atoms with E-state index >= 15 is 0 Å². The zero-order valence-electron chi connectivity index (χ0n) is 11.7. The molecule has 1 saturated carbocycles. The number of carbonyl (C=O) groups excluding carboxylic acids is 1. The molecule has 0 atom stereocenters. The standard InChI is InChI=1S/C16H14Cl2N2O2/c17-13-7-19-8-14(18)15(13)20-16(21)11-2-1-3-12(6-11)22-9-10-4-5-10/h1-3,6-8,10H,4-5,9H2,(H,19,20,21). The van der Waals surface area contributed by atoms with Crippen LogP contribution in [0.15, 0.2) is 36.7 Å². The Bertz CT molecular complexity index is 682. The van der Waals surface area contributed by atoms with Gasteiger partial charge in [-0.05, 0) is 37.0 Å². The van der Waals surface area contributed by atoms with E-state index in [0.29, 0.717) is 39.6 Å². The lowest BCUT2D eigenvalue weighted by Gasteiger charge is -2.10. The summed E-state index contributed by atoms with van der Waals surface area (Å²) in [5.74, 6) is 1.05. The third-order valence-corrected chi connectivity index (χ3v) is 3.94. The SMILES string of the molecule is O=C(Nc1c(Cl)cncc1Cl)c1cccc(OCC2CC2)c1. The number of pyridine rings is 1. The van der Waals surface area contributed by atoms with Crippen LogP contribution in [0.2, 0.25) is 10.0 Å². The second kappa shape index (κ2) is 6.55. The van der Waals surface area contributed by atoms with Gasteiger partial charge in [0.15, 0.2) is 0 Å². The van der Waals surface area contributed by atoms with Crippen LogP contribution in [0.25, 0.3) is 0 Å². The number of anilines is 1. The van der Waals surface area contributed by atoms with Crippen LogP contribution in [-0.4, -0.2) is 17.5 Å². The Balaban J connectivity index is 1.72. The van der Waals surface area contributed by atoms with Gasteiger partial charge in [0.25, 0.3) is 5.91 Å². The summed E-state index contributed by atoms with van der Waals surface area (Å²) in [5, 5.41) is 3.29. The molecule has 6 heteroatoms. The number of rotatable bonds is 5. The Hall–Kier alpha value is -1.78. The van der Waals surface area contributed by atoms with Gasteiger partial charge in [-0.2, -0.15) is 0 Å². The molecule has 0 saturated heterocycles. The van der Waals surface area contributed by atoms with Crippen molar-refractivity contribution in [1.29, 1.82) is 0 Å². The van der Waals surface area contributed by atoms with Gasteiger partial charge in [0.2, 0.25) is 0 Å². The summed E-state index contributed by atoms with van der Waals surface area (Å²) in [7, 11) is 0. The highest BCUT2D eigenvalue weighted by Gasteiger charge is 2.22. The van der Waals surface area contributed by atoms with Crippen molar-refractivity contribution < 1.29 is 9.53 Å². The van der Waals surface area contributed by atoms with E-state index in [1.807, 2.05) is 6.07 Å². The zero-order valence-corrected chi connectivity index (χ0v) is 13.2. The topological polar surface area (TPSA) is 51.2 Å². The molecule has 1 aliphatic rings. The van der Waals surface area contributed by atoms with E-state index in [4.69, 9.17) is 27.9 Å². The van der Waals surface area contributed by atoms with E-state index in [-0.39, 0.29) is 5.91 Å². The quantitative estimate of drug-likeness (QED) is 0.878. The number of ether oxygens (including phenoxy) is 1. The van der Waals surface area contributed by atoms with Crippen molar-refractivity contribution in [2.45, 2.75) is 12.8 Å². The highest BCUT2D eigenvalue weighted by atomic mass is 35.5. The number of nitrogens with zero attached hydrogens (tertiary/aromatic N) is 1. The molecule has 0 aliphatic heterocycles. The predicted molar refractivity (Wildman–Crippen MR) is 86.9 cm³/mol. The molecule has 2 aromatic rings. The molecule has 0 radical (unpaired) electrons. The minimum Gasteiger partial charge on any atom is -0.493 e. The Morgan fingerprint density at radius 3 is 2.68 bits per heavy atom. The van der Waals surface area contributed by atoms with Gasteiger partial charge in [-0.15, -0.1) is 0 Å². The number of carbonyl (C=O) groups is 1. The first-order chi connectivity index (χ1) is 10.6. The number of aromatic nitrogens is 1. The molecule has 1 amide bonds. The van der Waals surface area contributed by atoms with Crippen LogP contribution in [0.4, 0.5) is 5.69 Å². The first-order valence-electron chi connectivity index (χ1n) is 6.96. The van der Waals surface area contributed by atoms with Crippen molar-refractivity contribution in [2.24, 2.45) is 5.92 Å². The number of hydrogen-bond donors (Lipinski definition) is 1. The van der Waals surface area contributed by atoms with Gasteiger partial charge in [-0.3, -0.25) is 9.78 Å². The molecular formula is C16H14Cl2N2O2. The fourth-order valence-electron chi connectivity index (χ4n) is 1.94. The summed E-state index contributed by atoms with van der Waals surface area (Å²) in [5.41, 5.74) is 0.838. The van der Waals surface area contributed by atoms with Gasteiger partial charge in [-0.25, -0.2) is 0 Å².